The Kier molecular flexibility index (Phi) is 6.45. The highest BCUT2D eigenvalue weighted by molar-refractivity contribution is 6.28. The summed E-state index contributed by atoms with van der Waals surface area (Å²) in [6.07, 6.45) is 3.64. The Hall–Kier alpha value is -1.14. The highest BCUT2D eigenvalue weighted by atomic mass is 35.5. The number of nitrogens with zero attached hydrogens (tertiary/aromatic N) is 5. The molecule has 0 unspecified atom stereocenters. The summed E-state index contributed by atoms with van der Waals surface area (Å²) < 4.78 is 5.41. The Balaban J connectivity index is 2.12. The molecule has 0 aliphatic carbocycles. The minimum Gasteiger partial charge on any atom is -0.380 e. The lowest BCUT2D eigenvalue weighted by atomic mass is 10.1. The van der Waals surface area contributed by atoms with Gasteiger partial charge in [0.05, 0.1) is 6.61 Å². The van der Waals surface area contributed by atoms with Crippen LogP contribution < -0.4 is 9.80 Å². The first-order valence-corrected chi connectivity index (χ1v) is 8.11. The zero-order chi connectivity index (χ0) is 15.1. The van der Waals surface area contributed by atoms with Gasteiger partial charge in [0.25, 0.3) is 0 Å². The molecule has 0 radical (unpaired) electrons. The molecule has 7 heteroatoms. The fourth-order valence-corrected chi connectivity index (χ4v) is 2.58. The molecule has 1 aliphatic heterocycles. The predicted molar refractivity (Wildman–Crippen MR) is 85.3 cm³/mol. The van der Waals surface area contributed by atoms with Crippen LogP contribution in [0.4, 0.5) is 11.9 Å². The number of ether oxygens (including phenoxy) is 1. The normalized spacial score (nSPS) is 15.3. The van der Waals surface area contributed by atoms with E-state index in [9.17, 15) is 0 Å². The second-order valence-electron chi connectivity index (χ2n) is 5.03. The highest BCUT2D eigenvalue weighted by Gasteiger charge is 2.17. The molecule has 1 saturated heterocycles. The van der Waals surface area contributed by atoms with E-state index in [0.29, 0.717) is 25.1 Å². The highest BCUT2D eigenvalue weighted by Crippen LogP contribution is 2.20. The molecule has 0 atom stereocenters. The minimum atomic E-state index is 0.260. The van der Waals surface area contributed by atoms with Gasteiger partial charge in [-0.3, -0.25) is 0 Å². The molecule has 118 valence electrons. The van der Waals surface area contributed by atoms with Crippen molar-refractivity contribution in [2.24, 2.45) is 0 Å². The van der Waals surface area contributed by atoms with Gasteiger partial charge in [0, 0.05) is 32.8 Å². The van der Waals surface area contributed by atoms with Gasteiger partial charge in [-0.05, 0) is 44.7 Å². The van der Waals surface area contributed by atoms with Crippen molar-refractivity contribution in [3.8, 4) is 0 Å². The molecule has 21 heavy (non-hydrogen) atoms. The monoisotopic (exact) mass is 313 g/mol. The molecule has 1 aromatic heterocycles. The van der Waals surface area contributed by atoms with Crippen molar-refractivity contribution in [1.29, 1.82) is 0 Å². The lowest BCUT2D eigenvalue weighted by Gasteiger charge is -2.28. The van der Waals surface area contributed by atoms with Gasteiger partial charge in [-0.15, -0.1) is 0 Å². The van der Waals surface area contributed by atoms with E-state index in [-0.39, 0.29) is 5.28 Å². The van der Waals surface area contributed by atoms with Gasteiger partial charge in [0.1, 0.15) is 0 Å². The summed E-state index contributed by atoms with van der Waals surface area (Å²) >= 11 is 6.08. The molecule has 6 nitrogen and oxygen atoms in total. The van der Waals surface area contributed by atoms with Crippen molar-refractivity contribution in [2.45, 2.75) is 33.1 Å². The summed E-state index contributed by atoms with van der Waals surface area (Å²) in [6, 6.07) is 0. The van der Waals surface area contributed by atoms with Crippen LogP contribution in [0.3, 0.4) is 0 Å². The maximum absolute atomic E-state index is 6.08. The molecule has 1 aromatic rings. The molecule has 1 fully saturated rings. The van der Waals surface area contributed by atoms with E-state index in [1.807, 2.05) is 6.92 Å². The zero-order valence-corrected chi connectivity index (χ0v) is 13.6. The Bertz CT molecular complexity index is 439. The van der Waals surface area contributed by atoms with E-state index in [2.05, 4.69) is 31.7 Å². The van der Waals surface area contributed by atoms with Crippen LogP contribution in [0.1, 0.15) is 33.1 Å². The summed E-state index contributed by atoms with van der Waals surface area (Å²) in [4.78, 5) is 17.4. The number of likely N-dealkylation sites (N-methyl/N-ethyl adjacent to an activating group) is 1. The Morgan fingerprint density at radius 1 is 1.14 bits per heavy atom. The number of hydrogen-bond acceptors (Lipinski definition) is 6. The molecule has 2 rings (SSSR count). The number of hydrogen-bond donors (Lipinski definition) is 0. The predicted octanol–water partition coefficient (Wildman–Crippen LogP) is 2.38. The maximum Gasteiger partial charge on any atom is 0.231 e. The van der Waals surface area contributed by atoms with Crippen LogP contribution in [0.5, 0.6) is 0 Å². The first-order valence-electron chi connectivity index (χ1n) is 7.73. The lowest BCUT2D eigenvalue weighted by molar-refractivity contribution is 0.153. The van der Waals surface area contributed by atoms with Gasteiger partial charge in [-0.2, -0.15) is 15.0 Å². The first kappa shape index (κ1) is 16.2. The third kappa shape index (κ3) is 4.68. The molecular weight excluding hydrogens is 290 g/mol. The number of anilines is 2. The first-order chi connectivity index (χ1) is 10.2. The second kappa shape index (κ2) is 8.34. The SMILES string of the molecule is CCOCCN(CC)c1nc(Cl)nc(N2CCCCC2)n1. The fraction of sp³-hybridized carbons (Fsp3) is 0.786. The van der Waals surface area contributed by atoms with Gasteiger partial charge in [0.2, 0.25) is 17.2 Å². The molecule has 2 heterocycles. The van der Waals surface area contributed by atoms with E-state index in [1.165, 1.54) is 19.3 Å². The summed E-state index contributed by atoms with van der Waals surface area (Å²) in [6.45, 7) is 8.99. The van der Waals surface area contributed by atoms with Crippen LogP contribution in [-0.2, 0) is 4.74 Å². The molecule has 0 bridgehead atoms. The zero-order valence-electron chi connectivity index (χ0n) is 12.9. The van der Waals surface area contributed by atoms with Crippen molar-refractivity contribution < 1.29 is 4.74 Å². The van der Waals surface area contributed by atoms with Crippen molar-refractivity contribution in [3.63, 3.8) is 0 Å². The summed E-state index contributed by atoms with van der Waals surface area (Å²) in [5.41, 5.74) is 0. The maximum atomic E-state index is 6.08. The van der Waals surface area contributed by atoms with Gasteiger partial charge < -0.3 is 14.5 Å². The Labute approximate surface area is 131 Å². The standard InChI is InChI=1S/C14H24ClN5O/c1-3-19(10-11-21-4-2)13-16-12(15)17-14(18-13)20-8-6-5-7-9-20/h3-11H2,1-2H3. The average Bonchev–Trinajstić information content (AvgIpc) is 2.52. The third-order valence-electron chi connectivity index (χ3n) is 3.60. The van der Waals surface area contributed by atoms with Gasteiger partial charge in [-0.25, -0.2) is 0 Å². The van der Waals surface area contributed by atoms with Crippen molar-refractivity contribution >= 4 is 23.5 Å². The summed E-state index contributed by atoms with van der Waals surface area (Å²) in [5.74, 6) is 1.33. The van der Waals surface area contributed by atoms with Crippen LogP contribution in [0.25, 0.3) is 0 Å². The van der Waals surface area contributed by atoms with Crippen LogP contribution in [0.2, 0.25) is 5.28 Å². The molecular formula is C14H24ClN5O. The van der Waals surface area contributed by atoms with E-state index in [1.54, 1.807) is 0 Å². The van der Waals surface area contributed by atoms with E-state index < -0.39 is 0 Å². The largest absolute Gasteiger partial charge is 0.380 e. The van der Waals surface area contributed by atoms with Gasteiger partial charge >= 0.3 is 0 Å². The van der Waals surface area contributed by atoms with Crippen LogP contribution in [0.15, 0.2) is 0 Å². The van der Waals surface area contributed by atoms with Gasteiger partial charge in [0.15, 0.2) is 0 Å². The van der Waals surface area contributed by atoms with E-state index in [0.717, 1.165) is 26.2 Å². The third-order valence-corrected chi connectivity index (χ3v) is 3.77. The van der Waals surface area contributed by atoms with Crippen LogP contribution in [0, 0.1) is 0 Å². The smallest absolute Gasteiger partial charge is 0.231 e. The Morgan fingerprint density at radius 2 is 1.90 bits per heavy atom. The molecule has 0 aromatic carbocycles. The van der Waals surface area contributed by atoms with Crippen molar-refractivity contribution in [1.82, 2.24) is 15.0 Å². The summed E-state index contributed by atoms with van der Waals surface area (Å²) in [5, 5.41) is 0.260. The van der Waals surface area contributed by atoms with Crippen LogP contribution >= 0.6 is 11.6 Å². The topological polar surface area (TPSA) is 54.4 Å². The second-order valence-corrected chi connectivity index (χ2v) is 5.37. The summed E-state index contributed by atoms with van der Waals surface area (Å²) in [7, 11) is 0. The van der Waals surface area contributed by atoms with Crippen LogP contribution in [-0.4, -0.2) is 54.3 Å². The fourth-order valence-electron chi connectivity index (χ4n) is 2.42. The molecule has 1 aliphatic rings. The minimum absolute atomic E-state index is 0.260. The number of rotatable bonds is 7. The molecule has 0 spiro atoms. The Morgan fingerprint density at radius 3 is 2.57 bits per heavy atom. The molecule has 0 N–H and O–H groups in total. The molecule has 0 amide bonds. The number of piperidine rings is 1. The quantitative estimate of drug-likeness (QED) is 0.720. The van der Waals surface area contributed by atoms with Crippen molar-refractivity contribution in [3.05, 3.63) is 5.28 Å². The lowest BCUT2D eigenvalue weighted by Crippen LogP contribution is -2.33. The van der Waals surface area contributed by atoms with Gasteiger partial charge in [-0.1, -0.05) is 0 Å². The number of halogens is 1. The molecule has 0 saturated carbocycles. The number of aromatic nitrogens is 3. The average molecular weight is 314 g/mol. The van der Waals surface area contributed by atoms with E-state index >= 15 is 0 Å². The van der Waals surface area contributed by atoms with E-state index in [4.69, 9.17) is 16.3 Å². The van der Waals surface area contributed by atoms with Crippen molar-refractivity contribution in [2.75, 3.05) is 49.2 Å².